The zero-order valence-corrected chi connectivity index (χ0v) is 18.9. The predicted molar refractivity (Wildman–Crippen MR) is 115 cm³/mol. The van der Waals surface area contributed by atoms with Crippen molar-refractivity contribution in [3.05, 3.63) is 23.3 Å². The smallest absolute Gasteiger partial charge is 0.203 e. The molecule has 0 saturated heterocycles. The molecule has 0 aromatic heterocycles. The molecule has 1 aliphatic carbocycles. The second-order valence-electron chi connectivity index (χ2n) is 7.84. The lowest BCUT2D eigenvalue weighted by Gasteiger charge is -2.39. The van der Waals surface area contributed by atoms with E-state index >= 15 is 0 Å². The third-order valence-corrected chi connectivity index (χ3v) is 6.19. The van der Waals surface area contributed by atoms with E-state index in [0.29, 0.717) is 45.9 Å². The lowest BCUT2D eigenvalue weighted by Crippen LogP contribution is -2.41. The number of methoxy groups -OCH3 is 5. The molecule has 8 nitrogen and oxygen atoms in total. The Kier molecular flexibility index (Phi) is 6.16. The van der Waals surface area contributed by atoms with Crippen molar-refractivity contribution in [1.29, 1.82) is 0 Å². The minimum atomic E-state index is -1.49. The molecule has 31 heavy (non-hydrogen) atoms. The second-order valence-corrected chi connectivity index (χ2v) is 7.84. The molecule has 0 saturated carbocycles. The van der Waals surface area contributed by atoms with Gasteiger partial charge in [0.25, 0.3) is 0 Å². The Hall–Kier alpha value is -2.84. The Morgan fingerprint density at radius 1 is 0.839 bits per heavy atom. The van der Waals surface area contributed by atoms with Crippen LogP contribution in [0.15, 0.2) is 12.1 Å². The van der Waals surface area contributed by atoms with Crippen LogP contribution in [-0.2, 0) is 6.42 Å². The number of phenolic OH excluding ortho intramolecular Hbond substituents is 1. The summed E-state index contributed by atoms with van der Waals surface area (Å²) in [5.74, 6) is 0.937. The zero-order valence-electron chi connectivity index (χ0n) is 18.9. The number of hydrogen-bond acceptors (Lipinski definition) is 8. The van der Waals surface area contributed by atoms with Crippen molar-refractivity contribution < 1.29 is 39.0 Å². The standard InChI is InChI=1S/C23H30O8/c1-11-8-12-9-14(24)18(28-4)20(30-6)16(12)17-13(22(25)23(11,2)26)10-15(27-3)19(29-5)21(17)31-7/h9-11,22,24-26H,8H2,1-7H3/t11?,22-,23-/m0/s1. The van der Waals surface area contributed by atoms with Gasteiger partial charge < -0.3 is 39.0 Å². The predicted octanol–water partition coefficient (Wildman–Crippen LogP) is 3.08. The normalized spacial score (nSPS) is 22.5. The van der Waals surface area contributed by atoms with Crippen molar-refractivity contribution in [2.75, 3.05) is 35.5 Å². The molecule has 1 aliphatic rings. The third-order valence-electron chi connectivity index (χ3n) is 6.19. The number of aliphatic hydroxyl groups is 2. The van der Waals surface area contributed by atoms with E-state index in [0.717, 1.165) is 0 Å². The van der Waals surface area contributed by atoms with E-state index in [1.54, 1.807) is 19.1 Å². The zero-order chi connectivity index (χ0) is 23.1. The number of hydrogen-bond donors (Lipinski definition) is 3. The first kappa shape index (κ1) is 22.8. The molecule has 0 heterocycles. The largest absolute Gasteiger partial charge is 0.504 e. The lowest BCUT2D eigenvalue weighted by atomic mass is 9.73. The summed E-state index contributed by atoms with van der Waals surface area (Å²) >= 11 is 0. The van der Waals surface area contributed by atoms with Gasteiger partial charge in [0, 0.05) is 11.1 Å². The van der Waals surface area contributed by atoms with Crippen LogP contribution in [0.3, 0.4) is 0 Å². The summed E-state index contributed by atoms with van der Waals surface area (Å²) in [6.45, 7) is 3.42. The highest BCUT2D eigenvalue weighted by Gasteiger charge is 2.43. The molecule has 8 heteroatoms. The molecule has 0 aliphatic heterocycles. The van der Waals surface area contributed by atoms with Gasteiger partial charge in [-0.2, -0.15) is 0 Å². The summed E-state index contributed by atoms with van der Waals surface area (Å²) in [5, 5.41) is 33.1. The van der Waals surface area contributed by atoms with Gasteiger partial charge in [-0.25, -0.2) is 0 Å². The maximum absolute atomic E-state index is 11.3. The molecular formula is C23H30O8. The summed E-state index contributed by atoms with van der Waals surface area (Å²) in [5.41, 5.74) is 0.621. The fourth-order valence-corrected chi connectivity index (χ4v) is 4.28. The summed E-state index contributed by atoms with van der Waals surface area (Å²) < 4.78 is 27.8. The van der Waals surface area contributed by atoms with Crippen LogP contribution >= 0.6 is 0 Å². The molecule has 0 spiro atoms. The first-order valence-electron chi connectivity index (χ1n) is 9.88. The van der Waals surface area contributed by atoms with Crippen LogP contribution in [0.25, 0.3) is 11.1 Å². The molecule has 3 N–H and O–H groups in total. The summed E-state index contributed by atoms with van der Waals surface area (Å²) in [6.07, 6.45) is -0.923. The van der Waals surface area contributed by atoms with Gasteiger partial charge >= 0.3 is 0 Å². The van der Waals surface area contributed by atoms with Crippen molar-refractivity contribution in [2.24, 2.45) is 5.92 Å². The van der Waals surface area contributed by atoms with Crippen LogP contribution in [0, 0.1) is 5.92 Å². The van der Waals surface area contributed by atoms with Crippen molar-refractivity contribution in [2.45, 2.75) is 32.0 Å². The van der Waals surface area contributed by atoms with Gasteiger partial charge in [0.2, 0.25) is 11.5 Å². The van der Waals surface area contributed by atoms with Crippen molar-refractivity contribution >= 4 is 0 Å². The van der Waals surface area contributed by atoms with Crippen LogP contribution in [0.5, 0.6) is 34.5 Å². The average Bonchev–Trinajstić information content (AvgIpc) is 2.75. The maximum atomic E-state index is 11.3. The van der Waals surface area contributed by atoms with Crippen molar-refractivity contribution in [3.63, 3.8) is 0 Å². The topological polar surface area (TPSA) is 107 Å². The van der Waals surface area contributed by atoms with E-state index in [1.807, 2.05) is 6.92 Å². The van der Waals surface area contributed by atoms with Crippen LogP contribution in [-0.4, -0.2) is 56.5 Å². The Labute approximate surface area is 181 Å². The van der Waals surface area contributed by atoms with Crippen LogP contribution in [0.1, 0.15) is 31.1 Å². The number of benzene rings is 2. The fraction of sp³-hybridized carbons (Fsp3) is 0.478. The summed E-state index contributed by atoms with van der Waals surface area (Å²) in [7, 11) is 7.35. The van der Waals surface area contributed by atoms with E-state index in [9.17, 15) is 15.3 Å². The van der Waals surface area contributed by atoms with Gasteiger partial charge in [-0.1, -0.05) is 6.92 Å². The average molecular weight is 434 g/mol. The van der Waals surface area contributed by atoms with E-state index in [2.05, 4.69) is 0 Å². The molecule has 1 unspecified atom stereocenters. The van der Waals surface area contributed by atoms with Crippen LogP contribution < -0.4 is 23.7 Å². The molecule has 170 valence electrons. The van der Waals surface area contributed by atoms with Gasteiger partial charge in [-0.15, -0.1) is 0 Å². The minimum Gasteiger partial charge on any atom is -0.504 e. The molecule has 3 rings (SSSR count). The number of fused-ring (bicyclic) bond motifs is 3. The number of ether oxygens (including phenoxy) is 5. The van der Waals surface area contributed by atoms with E-state index in [-0.39, 0.29) is 23.2 Å². The van der Waals surface area contributed by atoms with Gasteiger partial charge in [0.1, 0.15) is 6.10 Å². The number of phenols is 1. The Morgan fingerprint density at radius 2 is 1.39 bits per heavy atom. The Bertz CT molecular complexity index is 983. The quantitative estimate of drug-likeness (QED) is 0.659. The fourth-order valence-electron chi connectivity index (χ4n) is 4.28. The molecular weight excluding hydrogens is 404 g/mol. The van der Waals surface area contributed by atoms with Crippen LogP contribution in [0.2, 0.25) is 0 Å². The lowest BCUT2D eigenvalue weighted by molar-refractivity contribution is -0.0989. The van der Waals surface area contributed by atoms with Crippen LogP contribution in [0.4, 0.5) is 0 Å². The molecule has 0 bridgehead atoms. The molecule has 2 aromatic carbocycles. The SMILES string of the molecule is COc1cc2c(c(OC)c1OC)-c1c(cc(O)c(OC)c1OC)CC(C)[C@](C)(O)[C@H]2O. The number of aliphatic hydroxyl groups excluding tert-OH is 1. The van der Waals surface area contributed by atoms with Crippen molar-refractivity contribution in [1.82, 2.24) is 0 Å². The van der Waals surface area contributed by atoms with Gasteiger partial charge in [-0.05, 0) is 42.5 Å². The number of rotatable bonds is 5. The molecule has 3 atom stereocenters. The van der Waals surface area contributed by atoms with E-state index in [1.165, 1.54) is 35.5 Å². The molecule has 2 aromatic rings. The van der Waals surface area contributed by atoms with Gasteiger partial charge in [0.05, 0.1) is 41.2 Å². The molecule has 0 fully saturated rings. The monoisotopic (exact) mass is 434 g/mol. The summed E-state index contributed by atoms with van der Waals surface area (Å²) in [4.78, 5) is 0. The Balaban J connectivity index is 2.59. The first-order chi connectivity index (χ1) is 14.7. The maximum Gasteiger partial charge on any atom is 0.203 e. The highest BCUT2D eigenvalue weighted by atomic mass is 16.5. The van der Waals surface area contributed by atoms with E-state index < -0.39 is 11.7 Å². The summed E-state index contributed by atoms with van der Waals surface area (Å²) in [6, 6.07) is 3.21. The van der Waals surface area contributed by atoms with Gasteiger partial charge in [-0.3, -0.25) is 0 Å². The minimum absolute atomic E-state index is 0.0907. The Morgan fingerprint density at radius 3 is 1.90 bits per heavy atom. The highest BCUT2D eigenvalue weighted by molar-refractivity contribution is 5.88. The third kappa shape index (κ3) is 3.40. The first-order valence-corrected chi connectivity index (χ1v) is 9.88. The van der Waals surface area contributed by atoms with E-state index in [4.69, 9.17) is 23.7 Å². The second kappa shape index (κ2) is 8.36. The number of aromatic hydroxyl groups is 1. The molecule has 0 radical (unpaired) electrons. The molecule has 0 amide bonds. The highest BCUT2D eigenvalue weighted by Crippen LogP contribution is 2.57. The van der Waals surface area contributed by atoms with Gasteiger partial charge in [0.15, 0.2) is 23.0 Å². The van der Waals surface area contributed by atoms with Crippen molar-refractivity contribution in [3.8, 4) is 45.6 Å².